The zero-order valence-corrected chi connectivity index (χ0v) is 13.5. The molecule has 0 saturated heterocycles. The van der Waals surface area contributed by atoms with Crippen LogP contribution < -0.4 is 5.32 Å². The molecule has 5 nitrogen and oxygen atoms in total. The fourth-order valence-electron chi connectivity index (χ4n) is 3.12. The highest BCUT2D eigenvalue weighted by atomic mass is 16.5. The van der Waals surface area contributed by atoms with Crippen molar-refractivity contribution in [2.75, 3.05) is 6.61 Å². The number of hydrogen-bond donors (Lipinski definition) is 2. The Hall–Kier alpha value is -2.56. The maximum Gasteiger partial charge on any atom is 0.342 e. The minimum atomic E-state index is -0.697. The van der Waals surface area contributed by atoms with Crippen molar-refractivity contribution in [1.82, 2.24) is 5.32 Å². The van der Waals surface area contributed by atoms with Crippen molar-refractivity contribution in [3.8, 4) is 5.75 Å². The van der Waals surface area contributed by atoms with Gasteiger partial charge in [-0.3, -0.25) is 4.79 Å². The molecule has 2 N–H and O–H groups in total. The van der Waals surface area contributed by atoms with Gasteiger partial charge < -0.3 is 15.2 Å². The van der Waals surface area contributed by atoms with Gasteiger partial charge in [-0.2, -0.15) is 0 Å². The fraction of sp³-hybridized carbons (Fsp3) is 0.368. The van der Waals surface area contributed by atoms with Crippen molar-refractivity contribution >= 4 is 22.6 Å². The summed E-state index contributed by atoms with van der Waals surface area (Å²) in [6.45, 7) is -0.332. The van der Waals surface area contributed by atoms with Gasteiger partial charge in [-0.15, -0.1) is 0 Å². The summed E-state index contributed by atoms with van der Waals surface area (Å²) in [4.78, 5) is 24.0. The van der Waals surface area contributed by atoms with Gasteiger partial charge in [0.2, 0.25) is 0 Å². The normalized spacial score (nSPS) is 15.2. The van der Waals surface area contributed by atoms with Crippen molar-refractivity contribution in [2.45, 2.75) is 38.1 Å². The van der Waals surface area contributed by atoms with Crippen molar-refractivity contribution in [3.63, 3.8) is 0 Å². The van der Waals surface area contributed by atoms with E-state index >= 15 is 0 Å². The number of ether oxygens (including phenoxy) is 1. The Balaban J connectivity index is 1.60. The number of carbonyl (C=O) groups excluding carboxylic acids is 2. The number of phenols is 1. The van der Waals surface area contributed by atoms with Crippen LogP contribution in [-0.2, 0) is 9.53 Å². The first-order valence-corrected chi connectivity index (χ1v) is 8.32. The Morgan fingerprint density at radius 1 is 1.08 bits per heavy atom. The summed E-state index contributed by atoms with van der Waals surface area (Å²) in [5, 5.41) is 14.6. The summed E-state index contributed by atoms with van der Waals surface area (Å²) in [5.41, 5.74) is 0.0687. The molecule has 1 saturated carbocycles. The van der Waals surface area contributed by atoms with Crippen LogP contribution in [0.2, 0.25) is 0 Å². The number of carbonyl (C=O) groups is 2. The van der Waals surface area contributed by atoms with Crippen LogP contribution in [0.4, 0.5) is 0 Å². The third-order valence-corrected chi connectivity index (χ3v) is 4.39. The first-order chi connectivity index (χ1) is 11.6. The molecule has 0 radical (unpaired) electrons. The highest BCUT2D eigenvalue weighted by molar-refractivity contribution is 5.99. The molecule has 5 heteroatoms. The van der Waals surface area contributed by atoms with Crippen molar-refractivity contribution in [3.05, 3.63) is 42.0 Å². The first-order valence-electron chi connectivity index (χ1n) is 8.32. The molecule has 1 aliphatic rings. The number of benzene rings is 2. The molecular weight excluding hydrogens is 306 g/mol. The van der Waals surface area contributed by atoms with E-state index in [2.05, 4.69) is 5.32 Å². The van der Waals surface area contributed by atoms with E-state index in [0.29, 0.717) is 0 Å². The molecule has 126 valence electrons. The molecular formula is C19H21NO4. The van der Waals surface area contributed by atoms with E-state index < -0.39 is 5.97 Å². The Bertz CT molecular complexity index is 750. The maximum atomic E-state index is 12.1. The highest BCUT2D eigenvalue weighted by Crippen LogP contribution is 2.25. The highest BCUT2D eigenvalue weighted by Gasteiger charge is 2.18. The third kappa shape index (κ3) is 3.85. The minimum Gasteiger partial charge on any atom is -0.507 e. The van der Waals surface area contributed by atoms with Gasteiger partial charge in [0.15, 0.2) is 6.61 Å². The lowest BCUT2D eigenvalue weighted by Crippen LogP contribution is -2.38. The molecule has 0 heterocycles. The summed E-state index contributed by atoms with van der Waals surface area (Å²) < 4.78 is 5.05. The summed E-state index contributed by atoms with van der Waals surface area (Å²) >= 11 is 0. The van der Waals surface area contributed by atoms with Crippen LogP contribution in [0.1, 0.15) is 42.5 Å². The number of nitrogens with one attached hydrogen (secondary N) is 1. The van der Waals surface area contributed by atoms with Gasteiger partial charge >= 0.3 is 5.97 Å². The molecule has 1 aliphatic carbocycles. The van der Waals surface area contributed by atoms with Gasteiger partial charge in [0.05, 0.1) is 0 Å². The Morgan fingerprint density at radius 2 is 1.75 bits per heavy atom. The summed E-state index contributed by atoms with van der Waals surface area (Å²) in [6.07, 6.45) is 5.41. The number of esters is 1. The molecule has 24 heavy (non-hydrogen) atoms. The number of amides is 1. The van der Waals surface area contributed by atoms with Gasteiger partial charge in [0.25, 0.3) is 5.91 Å². The lowest BCUT2D eigenvalue weighted by Gasteiger charge is -2.22. The maximum absolute atomic E-state index is 12.1. The molecule has 2 aromatic carbocycles. The molecule has 1 fully saturated rings. The predicted octanol–water partition coefficient (Wildman–Crippen LogP) is 3.15. The van der Waals surface area contributed by atoms with E-state index in [9.17, 15) is 14.7 Å². The zero-order valence-electron chi connectivity index (χ0n) is 13.5. The number of aromatic hydroxyl groups is 1. The lowest BCUT2D eigenvalue weighted by molar-refractivity contribution is -0.125. The van der Waals surface area contributed by atoms with Gasteiger partial charge in [0, 0.05) is 6.04 Å². The number of hydrogen-bond acceptors (Lipinski definition) is 4. The number of phenolic OH excluding ortho intramolecular Hbond substituents is 1. The topological polar surface area (TPSA) is 75.6 Å². The molecule has 0 spiro atoms. The lowest BCUT2D eigenvalue weighted by atomic mass is 9.95. The van der Waals surface area contributed by atoms with Crippen LogP contribution in [-0.4, -0.2) is 29.6 Å². The Labute approximate surface area is 140 Å². The quantitative estimate of drug-likeness (QED) is 0.846. The first kappa shape index (κ1) is 16.3. The second-order valence-corrected chi connectivity index (χ2v) is 6.20. The molecule has 0 aliphatic heterocycles. The third-order valence-electron chi connectivity index (χ3n) is 4.39. The Morgan fingerprint density at radius 3 is 2.46 bits per heavy atom. The standard InChI is InChI=1S/C19H21NO4/c21-17-11-14-7-5-4-6-13(14)10-16(17)19(23)24-12-18(22)20-15-8-2-1-3-9-15/h4-7,10-11,15,21H,1-3,8-9,12H2,(H,20,22). The molecule has 0 bridgehead atoms. The van der Waals surface area contributed by atoms with Gasteiger partial charge in [-0.1, -0.05) is 43.5 Å². The predicted molar refractivity (Wildman–Crippen MR) is 90.9 cm³/mol. The second kappa shape index (κ2) is 7.34. The van der Waals surface area contributed by atoms with E-state index in [1.165, 1.54) is 12.5 Å². The van der Waals surface area contributed by atoms with E-state index in [4.69, 9.17) is 4.74 Å². The van der Waals surface area contributed by atoms with E-state index in [-0.39, 0.29) is 29.9 Å². The van der Waals surface area contributed by atoms with E-state index in [1.54, 1.807) is 6.07 Å². The van der Waals surface area contributed by atoms with Crippen LogP contribution in [0.3, 0.4) is 0 Å². The molecule has 0 atom stereocenters. The van der Waals surface area contributed by atoms with Crippen molar-refractivity contribution in [2.24, 2.45) is 0 Å². The summed E-state index contributed by atoms with van der Waals surface area (Å²) in [7, 11) is 0. The minimum absolute atomic E-state index is 0.0687. The largest absolute Gasteiger partial charge is 0.507 e. The second-order valence-electron chi connectivity index (χ2n) is 6.20. The van der Waals surface area contributed by atoms with Gasteiger partial charge in [-0.05, 0) is 35.7 Å². The van der Waals surface area contributed by atoms with Crippen LogP contribution >= 0.6 is 0 Å². The van der Waals surface area contributed by atoms with Crippen molar-refractivity contribution in [1.29, 1.82) is 0 Å². The Kier molecular flexibility index (Phi) is 4.99. The van der Waals surface area contributed by atoms with E-state index in [1.807, 2.05) is 24.3 Å². The zero-order chi connectivity index (χ0) is 16.9. The fourth-order valence-corrected chi connectivity index (χ4v) is 3.12. The monoisotopic (exact) mass is 327 g/mol. The molecule has 1 amide bonds. The SMILES string of the molecule is O=C(COC(=O)c1cc2ccccc2cc1O)NC1CCCCC1. The molecule has 3 rings (SSSR count). The van der Waals surface area contributed by atoms with Crippen molar-refractivity contribution < 1.29 is 19.4 Å². The van der Waals surface area contributed by atoms with Crippen LogP contribution in [0, 0.1) is 0 Å². The average molecular weight is 327 g/mol. The molecule has 0 unspecified atom stereocenters. The smallest absolute Gasteiger partial charge is 0.342 e. The summed E-state index contributed by atoms with van der Waals surface area (Å²) in [5.74, 6) is -1.14. The van der Waals surface area contributed by atoms with Gasteiger partial charge in [0.1, 0.15) is 11.3 Å². The van der Waals surface area contributed by atoms with E-state index in [0.717, 1.165) is 36.5 Å². The summed E-state index contributed by atoms with van der Waals surface area (Å²) in [6, 6.07) is 10.7. The van der Waals surface area contributed by atoms with Crippen LogP contribution in [0.15, 0.2) is 36.4 Å². The number of fused-ring (bicyclic) bond motifs is 1. The average Bonchev–Trinajstić information content (AvgIpc) is 2.60. The number of rotatable bonds is 4. The van der Waals surface area contributed by atoms with Gasteiger partial charge in [-0.25, -0.2) is 4.79 Å². The molecule has 0 aromatic heterocycles. The van der Waals surface area contributed by atoms with Crippen LogP contribution in [0.5, 0.6) is 5.75 Å². The van der Waals surface area contributed by atoms with Crippen LogP contribution in [0.25, 0.3) is 10.8 Å². The molecule has 2 aromatic rings.